The number of aromatic nitrogens is 3. The molecule has 0 saturated carbocycles. The first-order chi connectivity index (χ1) is 11.9. The molecule has 1 fully saturated rings. The van der Waals surface area contributed by atoms with Crippen LogP contribution in [0.3, 0.4) is 0 Å². The molecule has 1 aliphatic rings. The average Bonchev–Trinajstić information content (AvgIpc) is 3.06. The van der Waals surface area contributed by atoms with Gasteiger partial charge in [-0.05, 0) is 24.3 Å². The van der Waals surface area contributed by atoms with Gasteiger partial charge in [0.2, 0.25) is 5.95 Å². The number of anilines is 2. The number of nitrogens with one attached hydrogen (secondary N) is 2. The quantitative estimate of drug-likeness (QED) is 0.686. The molecule has 0 spiro atoms. The SMILES string of the molecule is Br.c1ccc(N2CCN(CCNc3nc4ccccc4[nH]3)CC2)nc1. The normalized spacial score (nSPS) is 15.1. The fourth-order valence-electron chi connectivity index (χ4n) is 3.11. The van der Waals surface area contributed by atoms with Gasteiger partial charge in [0, 0.05) is 45.5 Å². The van der Waals surface area contributed by atoms with E-state index in [0.29, 0.717) is 0 Å². The third kappa shape index (κ3) is 4.29. The minimum Gasteiger partial charge on any atom is -0.355 e. The standard InChI is InChI=1S/C18H22N6.BrH/c1-2-6-16-15(5-1)21-18(22-16)20-9-10-23-11-13-24(14-12-23)17-7-3-4-8-19-17;/h1-8H,9-14H2,(H2,20,21,22);1H. The maximum absolute atomic E-state index is 4.55. The van der Waals surface area contributed by atoms with E-state index >= 15 is 0 Å². The maximum atomic E-state index is 4.55. The number of benzene rings is 1. The number of piperazine rings is 1. The Balaban J connectivity index is 0.00000182. The summed E-state index contributed by atoms with van der Waals surface area (Å²) in [5.41, 5.74) is 2.08. The summed E-state index contributed by atoms with van der Waals surface area (Å²) in [6.45, 7) is 6.11. The molecule has 132 valence electrons. The average molecular weight is 403 g/mol. The molecule has 0 amide bonds. The van der Waals surface area contributed by atoms with Crippen molar-refractivity contribution in [2.75, 3.05) is 49.5 Å². The highest BCUT2D eigenvalue weighted by Crippen LogP contribution is 2.14. The summed E-state index contributed by atoms with van der Waals surface area (Å²) in [7, 11) is 0. The molecule has 3 aromatic rings. The summed E-state index contributed by atoms with van der Waals surface area (Å²) >= 11 is 0. The lowest BCUT2D eigenvalue weighted by molar-refractivity contribution is 0.266. The van der Waals surface area contributed by atoms with Crippen LogP contribution in [0.5, 0.6) is 0 Å². The van der Waals surface area contributed by atoms with Crippen LogP contribution >= 0.6 is 17.0 Å². The van der Waals surface area contributed by atoms with E-state index in [9.17, 15) is 0 Å². The highest BCUT2D eigenvalue weighted by Gasteiger charge is 2.17. The monoisotopic (exact) mass is 402 g/mol. The van der Waals surface area contributed by atoms with Crippen LogP contribution in [0.2, 0.25) is 0 Å². The smallest absolute Gasteiger partial charge is 0.201 e. The van der Waals surface area contributed by atoms with Gasteiger partial charge in [-0.2, -0.15) is 0 Å². The molecular formula is C18H23BrN6. The lowest BCUT2D eigenvalue weighted by Crippen LogP contribution is -2.47. The minimum absolute atomic E-state index is 0. The molecule has 4 rings (SSSR count). The van der Waals surface area contributed by atoms with Crippen molar-refractivity contribution >= 4 is 39.8 Å². The van der Waals surface area contributed by atoms with Gasteiger partial charge < -0.3 is 15.2 Å². The highest BCUT2D eigenvalue weighted by atomic mass is 79.9. The van der Waals surface area contributed by atoms with Crippen LogP contribution in [0, 0.1) is 0 Å². The first-order valence-corrected chi connectivity index (χ1v) is 8.45. The van der Waals surface area contributed by atoms with Gasteiger partial charge in [0.05, 0.1) is 11.0 Å². The van der Waals surface area contributed by atoms with Gasteiger partial charge in [-0.15, -0.1) is 17.0 Å². The molecule has 25 heavy (non-hydrogen) atoms. The number of hydrogen-bond acceptors (Lipinski definition) is 5. The second kappa shape index (κ2) is 8.31. The van der Waals surface area contributed by atoms with Crippen molar-refractivity contribution in [1.29, 1.82) is 0 Å². The van der Waals surface area contributed by atoms with E-state index in [2.05, 4.69) is 36.1 Å². The van der Waals surface area contributed by atoms with Crippen molar-refractivity contribution in [2.45, 2.75) is 0 Å². The van der Waals surface area contributed by atoms with Crippen molar-refractivity contribution in [3.05, 3.63) is 48.7 Å². The molecule has 1 aliphatic heterocycles. The Bertz CT molecular complexity index is 749. The summed E-state index contributed by atoms with van der Waals surface area (Å²) < 4.78 is 0. The molecule has 1 aromatic carbocycles. The van der Waals surface area contributed by atoms with Crippen molar-refractivity contribution in [2.24, 2.45) is 0 Å². The number of hydrogen-bond donors (Lipinski definition) is 2. The number of nitrogens with zero attached hydrogens (tertiary/aromatic N) is 4. The summed E-state index contributed by atoms with van der Waals surface area (Å²) in [5.74, 6) is 1.93. The predicted octanol–water partition coefficient (Wildman–Crippen LogP) is 2.77. The topological polar surface area (TPSA) is 60.1 Å². The Morgan fingerprint density at radius 2 is 1.80 bits per heavy atom. The van der Waals surface area contributed by atoms with Crippen molar-refractivity contribution in [3.8, 4) is 0 Å². The second-order valence-electron chi connectivity index (χ2n) is 6.05. The van der Waals surface area contributed by atoms with Crippen molar-refractivity contribution in [3.63, 3.8) is 0 Å². The maximum Gasteiger partial charge on any atom is 0.201 e. The molecule has 0 atom stereocenters. The van der Waals surface area contributed by atoms with Crippen molar-refractivity contribution in [1.82, 2.24) is 19.9 Å². The summed E-state index contributed by atoms with van der Waals surface area (Å²) in [6.07, 6.45) is 1.86. The fourth-order valence-corrected chi connectivity index (χ4v) is 3.11. The number of H-pyrrole nitrogens is 1. The zero-order chi connectivity index (χ0) is 16.2. The van der Waals surface area contributed by atoms with Crippen LogP contribution in [-0.4, -0.2) is 59.1 Å². The molecule has 2 N–H and O–H groups in total. The van der Waals surface area contributed by atoms with Gasteiger partial charge in [-0.1, -0.05) is 18.2 Å². The Kier molecular flexibility index (Phi) is 5.88. The van der Waals surface area contributed by atoms with E-state index in [4.69, 9.17) is 0 Å². The number of imidazole rings is 1. The Morgan fingerprint density at radius 1 is 1.00 bits per heavy atom. The summed E-state index contributed by atoms with van der Waals surface area (Å²) in [4.78, 5) is 17.1. The Labute approximate surface area is 158 Å². The Morgan fingerprint density at radius 3 is 2.56 bits per heavy atom. The Hall–Kier alpha value is -2.12. The molecule has 2 aromatic heterocycles. The van der Waals surface area contributed by atoms with Gasteiger partial charge in [-0.25, -0.2) is 9.97 Å². The third-order valence-corrected chi connectivity index (χ3v) is 4.46. The molecule has 7 heteroatoms. The van der Waals surface area contributed by atoms with Gasteiger partial charge in [-0.3, -0.25) is 4.90 Å². The van der Waals surface area contributed by atoms with Gasteiger partial charge in [0.1, 0.15) is 5.82 Å². The van der Waals surface area contributed by atoms with E-state index in [1.807, 2.05) is 42.6 Å². The van der Waals surface area contributed by atoms with E-state index < -0.39 is 0 Å². The zero-order valence-electron chi connectivity index (χ0n) is 14.1. The number of aromatic amines is 1. The molecule has 0 radical (unpaired) electrons. The van der Waals surface area contributed by atoms with Crippen LogP contribution in [0.1, 0.15) is 0 Å². The molecule has 6 nitrogen and oxygen atoms in total. The number of halogens is 1. The number of para-hydroxylation sites is 2. The van der Waals surface area contributed by atoms with Gasteiger partial charge in [0.25, 0.3) is 0 Å². The third-order valence-electron chi connectivity index (χ3n) is 4.46. The number of pyridine rings is 1. The van der Waals surface area contributed by atoms with Crippen molar-refractivity contribution < 1.29 is 0 Å². The van der Waals surface area contributed by atoms with Crippen LogP contribution in [0.4, 0.5) is 11.8 Å². The van der Waals surface area contributed by atoms with Crippen LogP contribution in [0.25, 0.3) is 11.0 Å². The second-order valence-corrected chi connectivity index (χ2v) is 6.05. The van der Waals surface area contributed by atoms with Gasteiger partial charge in [0.15, 0.2) is 0 Å². The zero-order valence-corrected chi connectivity index (χ0v) is 15.8. The largest absolute Gasteiger partial charge is 0.355 e. The lowest BCUT2D eigenvalue weighted by atomic mass is 10.3. The first kappa shape index (κ1) is 17.7. The summed E-state index contributed by atoms with van der Waals surface area (Å²) in [6, 6.07) is 14.2. The summed E-state index contributed by atoms with van der Waals surface area (Å²) in [5, 5.41) is 3.39. The van der Waals surface area contributed by atoms with E-state index in [1.54, 1.807) is 0 Å². The van der Waals surface area contributed by atoms with E-state index in [-0.39, 0.29) is 17.0 Å². The number of fused-ring (bicyclic) bond motifs is 1. The van der Waals surface area contributed by atoms with Crippen LogP contribution in [-0.2, 0) is 0 Å². The molecule has 0 unspecified atom stereocenters. The van der Waals surface area contributed by atoms with E-state index in [0.717, 1.165) is 62.1 Å². The molecular weight excluding hydrogens is 380 g/mol. The first-order valence-electron chi connectivity index (χ1n) is 8.45. The number of rotatable bonds is 5. The minimum atomic E-state index is 0. The highest BCUT2D eigenvalue weighted by molar-refractivity contribution is 8.93. The predicted molar refractivity (Wildman–Crippen MR) is 108 cm³/mol. The van der Waals surface area contributed by atoms with E-state index in [1.165, 1.54) is 0 Å². The van der Waals surface area contributed by atoms with Crippen LogP contribution < -0.4 is 10.2 Å². The molecule has 1 saturated heterocycles. The molecule has 0 aliphatic carbocycles. The fraction of sp³-hybridized carbons (Fsp3) is 0.333. The van der Waals surface area contributed by atoms with Gasteiger partial charge >= 0.3 is 0 Å². The molecule has 0 bridgehead atoms. The lowest BCUT2D eigenvalue weighted by Gasteiger charge is -2.35. The molecule has 3 heterocycles. The van der Waals surface area contributed by atoms with Crippen LogP contribution in [0.15, 0.2) is 48.7 Å².